The van der Waals surface area contributed by atoms with Gasteiger partial charge in [-0.2, -0.15) is 16.1 Å². The van der Waals surface area contributed by atoms with E-state index in [9.17, 15) is 57.9 Å². The molecule has 0 radical (unpaired) electrons. The van der Waals surface area contributed by atoms with Crippen molar-refractivity contribution in [2.45, 2.75) is 63.8 Å². The van der Waals surface area contributed by atoms with E-state index < -0.39 is 84.6 Å². The van der Waals surface area contributed by atoms with Crippen LogP contribution in [0.15, 0.2) is 43.1 Å². The molecule has 1 saturated heterocycles. The molecular weight excluding hydrogens is 931 g/mol. The van der Waals surface area contributed by atoms with Crippen LogP contribution in [-0.2, 0) is 57.1 Å². The summed E-state index contributed by atoms with van der Waals surface area (Å²) in [6, 6.07) is 7.93. The van der Waals surface area contributed by atoms with Crippen molar-refractivity contribution in [3.63, 3.8) is 0 Å². The van der Waals surface area contributed by atoms with Gasteiger partial charge in [-0.3, -0.25) is 32.5 Å². The van der Waals surface area contributed by atoms with Crippen LogP contribution in [0.4, 0.5) is 5.82 Å². The largest absolute Gasteiger partial charge is 0.481 e. The molecule has 0 spiro atoms. The second-order valence-electron chi connectivity index (χ2n) is 14.9. The number of phosphoric ester groups is 3. The van der Waals surface area contributed by atoms with Crippen molar-refractivity contribution >= 4 is 80.8 Å². The summed E-state index contributed by atoms with van der Waals surface area (Å²) in [4.78, 5) is 91.5. The third-order valence-corrected chi connectivity index (χ3v) is 13.6. The van der Waals surface area contributed by atoms with Gasteiger partial charge in [-0.25, -0.2) is 28.6 Å². The van der Waals surface area contributed by atoms with Crippen LogP contribution in [0.2, 0.25) is 0 Å². The van der Waals surface area contributed by atoms with Gasteiger partial charge in [0.05, 0.1) is 19.5 Å². The Morgan fingerprint density at radius 2 is 1.67 bits per heavy atom. The first-order valence-corrected chi connectivity index (χ1v) is 25.0. The van der Waals surface area contributed by atoms with Crippen molar-refractivity contribution in [2.24, 2.45) is 5.41 Å². The Bertz CT molecular complexity index is 2400. The number of aromatic nitrogens is 5. The number of ether oxygens (including phenoxy) is 1. The number of carbonyl (C=O) groups excluding carboxylic acids is 3. The minimum Gasteiger partial charge on any atom is -0.386 e. The number of nitrogens with two attached hydrogens (primary N) is 1. The van der Waals surface area contributed by atoms with E-state index in [1.165, 1.54) is 25.6 Å². The average molecular weight is 982 g/mol. The number of amides is 3. The number of carbonyl (C=O) groups is 3. The number of benzene rings is 1. The molecule has 30 heteroatoms. The number of imidazole rings is 1. The molecule has 7 atom stereocenters. The molecule has 1 aromatic carbocycles. The molecule has 3 unspecified atom stereocenters. The van der Waals surface area contributed by atoms with Crippen LogP contribution < -0.4 is 21.7 Å². The first-order valence-electron chi connectivity index (χ1n) is 19.3. The lowest BCUT2D eigenvalue weighted by Crippen LogP contribution is -2.46. The molecule has 64 heavy (non-hydrogen) atoms. The standard InChI is InChI=1S/C34H50N9O17P3S/c1-34(2,29(47)32(48)38-11-8-24(44)37-12-14-64-13-9-25(45)36-10-7-20-15-39-22-6-4-3-5-21(20)22)17-57-63(54,55)60-62(52,53)56-16-23-28(59-61(49,50)51)27(46)33(58-23)43-19-42-26-30(35)40-18-41-31(26)43/h3-6,15,18-19,23,27-29,33,39,46-47H,7-14,16-17H2,1-2H3,(H,36,45)(H,37,44)(H,38,48)(H,52,53)(H,54,55)(H2,35,40,41)(H2,49,50,51)/t23-,27-,28-,29?,33-/m1/s1. The molecule has 1 aliphatic heterocycles. The summed E-state index contributed by atoms with van der Waals surface area (Å²) < 4.78 is 62.4. The second-order valence-corrected chi connectivity index (χ2v) is 20.4. The summed E-state index contributed by atoms with van der Waals surface area (Å²) in [5.41, 5.74) is 6.44. The number of anilines is 1. The van der Waals surface area contributed by atoms with Gasteiger partial charge >= 0.3 is 23.5 Å². The number of fused-ring (bicyclic) bond motifs is 2. The van der Waals surface area contributed by atoms with Crippen LogP contribution in [0, 0.1) is 5.41 Å². The highest BCUT2D eigenvalue weighted by Crippen LogP contribution is 2.61. The fourth-order valence-electron chi connectivity index (χ4n) is 6.23. The monoisotopic (exact) mass is 981 g/mol. The number of thioether (sulfide) groups is 1. The summed E-state index contributed by atoms with van der Waals surface area (Å²) in [5, 5.41) is 30.6. The molecule has 0 bridgehead atoms. The molecule has 3 amide bonds. The van der Waals surface area contributed by atoms with Crippen LogP contribution in [0.5, 0.6) is 0 Å². The number of rotatable bonds is 25. The maximum atomic E-state index is 12.7. The molecule has 0 aliphatic carbocycles. The highest BCUT2D eigenvalue weighted by Gasteiger charge is 2.50. The number of nitrogen functional groups attached to an aromatic ring is 1. The number of nitrogens with one attached hydrogen (secondary N) is 4. The van der Waals surface area contributed by atoms with Gasteiger partial charge in [0.15, 0.2) is 17.7 Å². The zero-order valence-corrected chi connectivity index (χ0v) is 37.8. The first kappa shape index (κ1) is 51.1. The summed E-state index contributed by atoms with van der Waals surface area (Å²) in [6.45, 7) is 1.14. The highest BCUT2D eigenvalue weighted by atomic mass is 32.2. The molecule has 354 valence electrons. The van der Waals surface area contributed by atoms with E-state index in [4.69, 9.17) is 19.5 Å². The number of hydrogen-bond donors (Lipinski definition) is 11. The summed E-state index contributed by atoms with van der Waals surface area (Å²) in [6.07, 6.45) is -3.95. The predicted octanol–water partition coefficient (Wildman–Crippen LogP) is 0.368. The fourth-order valence-corrected chi connectivity index (χ4v) is 9.84. The van der Waals surface area contributed by atoms with Crippen molar-refractivity contribution in [1.82, 2.24) is 40.5 Å². The Morgan fingerprint density at radius 1 is 0.969 bits per heavy atom. The number of para-hydroxylation sites is 1. The van der Waals surface area contributed by atoms with E-state index >= 15 is 0 Å². The number of phosphoric acid groups is 3. The molecular formula is C34H50N9O17P3S. The molecule has 1 fully saturated rings. The smallest absolute Gasteiger partial charge is 0.386 e. The lowest BCUT2D eigenvalue weighted by Gasteiger charge is -2.30. The van der Waals surface area contributed by atoms with Gasteiger partial charge in [-0.15, -0.1) is 0 Å². The number of aromatic amines is 1. The van der Waals surface area contributed by atoms with Gasteiger partial charge in [-0.1, -0.05) is 32.0 Å². The second kappa shape index (κ2) is 22.1. The lowest BCUT2D eigenvalue weighted by atomic mass is 9.87. The van der Waals surface area contributed by atoms with Gasteiger partial charge in [0.2, 0.25) is 17.7 Å². The van der Waals surface area contributed by atoms with Gasteiger partial charge in [-0.05, 0) is 18.1 Å². The van der Waals surface area contributed by atoms with Crippen LogP contribution in [-0.4, -0.2) is 141 Å². The SMILES string of the molecule is CC(C)(COP(=O)(O)OP(=O)(O)OC[C@H]1O[C@@H](n2cnc3c(N)ncnc32)[C@H](O)[C@@H]1OP(=O)(O)O)C(O)C(=O)NCCC(=O)NCCSCCC(=O)NCCc1c[nH]c2ccccc12. The van der Waals surface area contributed by atoms with Gasteiger partial charge in [0.25, 0.3) is 0 Å². The Balaban J connectivity index is 0.973. The number of hydrogen-bond acceptors (Lipinski definition) is 18. The van der Waals surface area contributed by atoms with E-state index in [0.29, 0.717) is 37.4 Å². The predicted molar refractivity (Wildman–Crippen MR) is 227 cm³/mol. The van der Waals surface area contributed by atoms with Crippen molar-refractivity contribution in [2.75, 3.05) is 50.1 Å². The van der Waals surface area contributed by atoms with Crippen LogP contribution in [0.1, 0.15) is 38.5 Å². The summed E-state index contributed by atoms with van der Waals surface area (Å²) in [7, 11) is -16.4. The van der Waals surface area contributed by atoms with Gasteiger partial charge in [0.1, 0.15) is 36.3 Å². The van der Waals surface area contributed by atoms with E-state index in [-0.39, 0.29) is 35.9 Å². The van der Waals surface area contributed by atoms with Gasteiger partial charge in [0, 0.05) is 66.5 Å². The average Bonchev–Trinajstić information content (AvgIpc) is 3.92. The summed E-state index contributed by atoms with van der Waals surface area (Å²) >= 11 is 1.48. The minimum absolute atomic E-state index is 0.0302. The quantitative estimate of drug-likeness (QED) is 0.0315. The Kier molecular flexibility index (Phi) is 17.6. The lowest BCUT2D eigenvalue weighted by molar-refractivity contribution is -0.137. The van der Waals surface area contributed by atoms with Crippen LogP contribution in [0.25, 0.3) is 22.1 Å². The highest BCUT2D eigenvalue weighted by molar-refractivity contribution is 7.99. The Hall–Kier alpha value is -3.88. The third kappa shape index (κ3) is 14.6. The molecule has 4 aromatic rings. The maximum Gasteiger partial charge on any atom is 0.481 e. The Labute approximate surface area is 368 Å². The van der Waals surface area contributed by atoms with E-state index in [2.05, 4.69) is 44.7 Å². The number of aliphatic hydroxyl groups is 2. The minimum atomic E-state index is -5.58. The third-order valence-electron chi connectivity index (χ3n) is 9.51. The first-order chi connectivity index (χ1) is 30.1. The fraction of sp³-hybridized carbons (Fsp3) is 0.529. The Morgan fingerprint density at radius 3 is 2.42 bits per heavy atom. The zero-order chi connectivity index (χ0) is 46.9. The molecule has 3 aromatic heterocycles. The molecule has 1 aliphatic rings. The number of aliphatic hydroxyl groups excluding tert-OH is 2. The normalized spacial score (nSPS) is 20.4. The molecule has 0 saturated carbocycles. The maximum absolute atomic E-state index is 12.7. The molecule has 26 nitrogen and oxygen atoms in total. The van der Waals surface area contributed by atoms with E-state index in [1.807, 2.05) is 30.5 Å². The molecule has 5 rings (SSSR count). The van der Waals surface area contributed by atoms with Crippen molar-refractivity contribution in [1.29, 1.82) is 0 Å². The van der Waals surface area contributed by atoms with Crippen molar-refractivity contribution in [3.05, 3.63) is 48.7 Å². The van der Waals surface area contributed by atoms with Gasteiger partial charge < -0.3 is 61.2 Å². The van der Waals surface area contributed by atoms with E-state index in [1.54, 1.807) is 0 Å². The molecule has 12 N–H and O–H groups in total. The number of H-pyrrole nitrogens is 1. The number of nitrogens with zero attached hydrogens (tertiary/aromatic N) is 4. The molecule has 4 heterocycles. The summed E-state index contributed by atoms with van der Waals surface area (Å²) in [5.74, 6) is -0.391. The van der Waals surface area contributed by atoms with Crippen LogP contribution >= 0.6 is 35.2 Å². The van der Waals surface area contributed by atoms with Crippen molar-refractivity contribution in [3.8, 4) is 0 Å². The van der Waals surface area contributed by atoms with Crippen molar-refractivity contribution < 1.29 is 80.5 Å². The topological polar surface area (TPSA) is 391 Å². The zero-order valence-electron chi connectivity index (χ0n) is 34.3. The van der Waals surface area contributed by atoms with E-state index in [0.717, 1.165) is 33.7 Å². The van der Waals surface area contributed by atoms with Crippen LogP contribution in [0.3, 0.4) is 0 Å².